The first-order chi connectivity index (χ1) is 11.6. The minimum atomic E-state index is -0.386. The summed E-state index contributed by atoms with van der Waals surface area (Å²) in [5.74, 6) is -0.466. The van der Waals surface area contributed by atoms with E-state index in [9.17, 15) is 9.59 Å². The lowest BCUT2D eigenvalue weighted by molar-refractivity contribution is -0.116. The molecule has 0 bridgehead atoms. The number of anilines is 3. The minimum absolute atomic E-state index is 0.0802. The van der Waals surface area contributed by atoms with Gasteiger partial charge < -0.3 is 21.3 Å². The highest BCUT2D eigenvalue weighted by Crippen LogP contribution is 2.33. The van der Waals surface area contributed by atoms with Gasteiger partial charge in [-0.15, -0.1) is 0 Å². The number of carbonyl (C=O) groups is 2. The highest BCUT2D eigenvalue weighted by atomic mass is 16.2. The Bertz CT molecular complexity index is 758. The first-order valence-electron chi connectivity index (χ1n) is 7.86. The lowest BCUT2D eigenvalue weighted by atomic mass is 10.1. The average molecular weight is 324 g/mol. The summed E-state index contributed by atoms with van der Waals surface area (Å²) in [4.78, 5) is 28.0. The van der Waals surface area contributed by atoms with Gasteiger partial charge in [-0.3, -0.25) is 9.59 Å². The van der Waals surface area contributed by atoms with Crippen LogP contribution < -0.4 is 21.3 Å². The molecular formula is C18H20N4O2. The summed E-state index contributed by atoms with van der Waals surface area (Å²) in [5, 5.41) is 0. The zero-order valence-electron chi connectivity index (χ0n) is 13.3. The van der Waals surface area contributed by atoms with Crippen molar-refractivity contribution in [2.24, 2.45) is 5.73 Å². The molecule has 0 aromatic heterocycles. The van der Waals surface area contributed by atoms with Crippen LogP contribution in [0.25, 0.3) is 0 Å². The normalized spacial score (nSPS) is 14.0. The second-order valence-electron chi connectivity index (χ2n) is 5.81. The first kappa shape index (κ1) is 15.9. The van der Waals surface area contributed by atoms with Crippen molar-refractivity contribution in [3.05, 3.63) is 54.1 Å². The van der Waals surface area contributed by atoms with Gasteiger partial charge in [0.15, 0.2) is 0 Å². The molecule has 1 heterocycles. The summed E-state index contributed by atoms with van der Waals surface area (Å²) in [5.41, 5.74) is 13.9. The predicted molar refractivity (Wildman–Crippen MR) is 95.0 cm³/mol. The van der Waals surface area contributed by atoms with Crippen molar-refractivity contribution in [1.82, 2.24) is 0 Å². The third-order valence-corrected chi connectivity index (χ3v) is 4.07. The molecule has 124 valence electrons. The maximum absolute atomic E-state index is 12.9. The molecule has 0 saturated carbocycles. The minimum Gasteiger partial charge on any atom is -0.399 e. The number of hydrogen-bond acceptors (Lipinski definition) is 4. The van der Waals surface area contributed by atoms with E-state index in [2.05, 4.69) is 0 Å². The zero-order chi connectivity index (χ0) is 17.1. The molecular weight excluding hydrogens is 304 g/mol. The van der Waals surface area contributed by atoms with E-state index in [0.29, 0.717) is 24.3 Å². The molecule has 0 aliphatic carbocycles. The van der Waals surface area contributed by atoms with Crippen LogP contribution in [0.3, 0.4) is 0 Å². The van der Waals surface area contributed by atoms with Crippen molar-refractivity contribution >= 4 is 28.9 Å². The van der Waals surface area contributed by atoms with Crippen molar-refractivity contribution < 1.29 is 9.59 Å². The molecule has 4 N–H and O–H groups in total. The van der Waals surface area contributed by atoms with Gasteiger partial charge in [0.05, 0.1) is 17.9 Å². The maximum Gasteiger partial charge on any atom is 0.258 e. The standard InChI is InChI=1S/C18H20N4O2/c19-14-8-6-13(7-9-14)18(24)22-11-3-10-21(12-17(20)23)15-4-1-2-5-16(15)22/h1-2,4-9H,3,10-12,19H2,(H2,20,23). The van der Waals surface area contributed by atoms with Crippen LogP contribution in [0.1, 0.15) is 16.8 Å². The van der Waals surface area contributed by atoms with E-state index in [0.717, 1.165) is 17.8 Å². The number of hydrogen-bond donors (Lipinski definition) is 2. The number of fused-ring (bicyclic) bond motifs is 1. The third-order valence-electron chi connectivity index (χ3n) is 4.07. The Morgan fingerprint density at radius 3 is 2.29 bits per heavy atom. The van der Waals surface area contributed by atoms with Crippen LogP contribution in [0.5, 0.6) is 0 Å². The Labute approximate surface area is 140 Å². The van der Waals surface area contributed by atoms with Crippen LogP contribution in [0, 0.1) is 0 Å². The van der Waals surface area contributed by atoms with E-state index in [1.165, 1.54) is 0 Å². The maximum atomic E-state index is 12.9. The van der Waals surface area contributed by atoms with Gasteiger partial charge >= 0.3 is 0 Å². The van der Waals surface area contributed by atoms with Gasteiger partial charge in [0, 0.05) is 24.3 Å². The molecule has 0 saturated heterocycles. The highest BCUT2D eigenvalue weighted by molar-refractivity contribution is 6.08. The Morgan fingerprint density at radius 1 is 0.958 bits per heavy atom. The molecule has 0 fully saturated rings. The van der Waals surface area contributed by atoms with Gasteiger partial charge in [0.1, 0.15) is 0 Å². The Kier molecular flexibility index (Phi) is 4.37. The number of primary amides is 1. The van der Waals surface area contributed by atoms with Gasteiger partial charge in [0.25, 0.3) is 5.91 Å². The van der Waals surface area contributed by atoms with E-state index in [4.69, 9.17) is 11.5 Å². The fourth-order valence-corrected chi connectivity index (χ4v) is 2.97. The molecule has 3 rings (SSSR count). The van der Waals surface area contributed by atoms with Crippen LogP contribution in [-0.2, 0) is 4.79 Å². The Morgan fingerprint density at radius 2 is 1.62 bits per heavy atom. The Hall–Kier alpha value is -3.02. The van der Waals surface area contributed by atoms with E-state index in [1.807, 2.05) is 29.2 Å². The van der Waals surface area contributed by atoms with Gasteiger partial charge in [0.2, 0.25) is 5.91 Å². The van der Waals surface area contributed by atoms with Crippen LogP contribution in [0.15, 0.2) is 48.5 Å². The molecule has 2 aromatic carbocycles. The summed E-state index contributed by atoms with van der Waals surface area (Å²) < 4.78 is 0. The topological polar surface area (TPSA) is 92.7 Å². The van der Waals surface area contributed by atoms with Gasteiger partial charge in [-0.1, -0.05) is 12.1 Å². The second-order valence-corrected chi connectivity index (χ2v) is 5.81. The van der Waals surface area contributed by atoms with Crippen molar-refractivity contribution in [1.29, 1.82) is 0 Å². The molecule has 0 spiro atoms. The number of carbonyl (C=O) groups excluding carboxylic acids is 2. The van der Waals surface area contributed by atoms with Crippen LogP contribution in [-0.4, -0.2) is 31.4 Å². The lowest BCUT2D eigenvalue weighted by Crippen LogP contribution is -2.34. The molecule has 6 heteroatoms. The van der Waals surface area contributed by atoms with Crippen molar-refractivity contribution in [2.45, 2.75) is 6.42 Å². The van der Waals surface area contributed by atoms with Crippen molar-refractivity contribution in [2.75, 3.05) is 35.2 Å². The van der Waals surface area contributed by atoms with E-state index in [-0.39, 0.29) is 18.4 Å². The molecule has 0 atom stereocenters. The quantitative estimate of drug-likeness (QED) is 0.839. The average Bonchev–Trinajstić information content (AvgIpc) is 2.74. The SMILES string of the molecule is NC(=O)CN1CCCN(C(=O)c2ccc(N)cc2)c2ccccc21. The number of para-hydroxylation sites is 2. The van der Waals surface area contributed by atoms with E-state index in [1.54, 1.807) is 29.2 Å². The number of amides is 2. The highest BCUT2D eigenvalue weighted by Gasteiger charge is 2.25. The zero-order valence-corrected chi connectivity index (χ0v) is 13.3. The number of nitrogens with zero attached hydrogens (tertiary/aromatic N) is 2. The Balaban J connectivity index is 1.97. The summed E-state index contributed by atoms with van der Waals surface area (Å²) in [7, 11) is 0. The van der Waals surface area contributed by atoms with E-state index < -0.39 is 0 Å². The van der Waals surface area contributed by atoms with Gasteiger partial charge in [-0.2, -0.15) is 0 Å². The summed E-state index contributed by atoms with van der Waals surface area (Å²) in [6.45, 7) is 1.39. The molecule has 0 unspecified atom stereocenters. The number of rotatable bonds is 3. The monoisotopic (exact) mass is 324 g/mol. The predicted octanol–water partition coefficient (Wildman–Crippen LogP) is 1.61. The van der Waals surface area contributed by atoms with Crippen LogP contribution in [0.2, 0.25) is 0 Å². The molecule has 1 aliphatic heterocycles. The second kappa shape index (κ2) is 6.62. The third kappa shape index (κ3) is 3.17. The smallest absolute Gasteiger partial charge is 0.258 e. The fraction of sp³-hybridized carbons (Fsp3) is 0.222. The number of benzene rings is 2. The largest absolute Gasteiger partial charge is 0.399 e. The van der Waals surface area contributed by atoms with E-state index >= 15 is 0 Å². The fourth-order valence-electron chi connectivity index (χ4n) is 2.97. The molecule has 2 amide bonds. The number of nitrogens with two attached hydrogens (primary N) is 2. The van der Waals surface area contributed by atoms with Gasteiger partial charge in [-0.25, -0.2) is 0 Å². The summed E-state index contributed by atoms with van der Waals surface area (Å²) in [6.07, 6.45) is 0.753. The number of nitrogen functional groups attached to an aromatic ring is 1. The summed E-state index contributed by atoms with van der Waals surface area (Å²) in [6, 6.07) is 14.5. The molecule has 1 aliphatic rings. The van der Waals surface area contributed by atoms with Crippen LogP contribution in [0.4, 0.5) is 17.1 Å². The lowest BCUT2D eigenvalue weighted by Gasteiger charge is -2.26. The summed E-state index contributed by atoms with van der Waals surface area (Å²) >= 11 is 0. The molecule has 2 aromatic rings. The molecule has 24 heavy (non-hydrogen) atoms. The molecule has 6 nitrogen and oxygen atoms in total. The van der Waals surface area contributed by atoms with Crippen LogP contribution >= 0.6 is 0 Å². The first-order valence-corrected chi connectivity index (χ1v) is 7.86. The molecule has 0 radical (unpaired) electrons. The van der Waals surface area contributed by atoms with Crippen molar-refractivity contribution in [3.63, 3.8) is 0 Å². The van der Waals surface area contributed by atoms with Gasteiger partial charge in [-0.05, 0) is 42.8 Å². The van der Waals surface area contributed by atoms with Crippen molar-refractivity contribution in [3.8, 4) is 0 Å².